The summed E-state index contributed by atoms with van der Waals surface area (Å²) in [4.78, 5) is 11.5. The van der Waals surface area contributed by atoms with Gasteiger partial charge in [0.1, 0.15) is 11.5 Å². The first-order valence-electron chi connectivity index (χ1n) is 4.69. The molecule has 0 radical (unpaired) electrons. The smallest absolute Gasteiger partial charge is 0.335 e. The minimum atomic E-state index is -0.448. The standard InChI is InChI=1S/C11H10N2O2/c1-7(2)13-9-5-3-4-8(6-12)10(9)11(14)15-13/h3-5,7H,1-2H3. The van der Waals surface area contributed by atoms with Gasteiger partial charge in [0, 0.05) is 0 Å². The molecule has 0 spiro atoms. The van der Waals surface area contributed by atoms with Gasteiger partial charge >= 0.3 is 5.63 Å². The van der Waals surface area contributed by atoms with Crippen molar-refractivity contribution in [3.63, 3.8) is 0 Å². The zero-order chi connectivity index (χ0) is 11.0. The van der Waals surface area contributed by atoms with Crippen molar-refractivity contribution in [1.29, 1.82) is 5.26 Å². The maximum Gasteiger partial charge on any atom is 0.366 e. The molecule has 0 N–H and O–H groups in total. The molecule has 76 valence electrons. The van der Waals surface area contributed by atoms with Gasteiger partial charge in [-0.2, -0.15) is 5.26 Å². The molecule has 2 rings (SSSR count). The molecule has 1 aromatic heterocycles. The topological polar surface area (TPSA) is 58.9 Å². The molecule has 0 saturated heterocycles. The van der Waals surface area contributed by atoms with Crippen molar-refractivity contribution in [1.82, 2.24) is 4.74 Å². The third-order valence-electron chi connectivity index (χ3n) is 2.25. The summed E-state index contributed by atoms with van der Waals surface area (Å²) in [5.74, 6) is 0. The summed E-state index contributed by atoms with van der Waals surface area (Å²) in [6.45, 7) is 3.84. The van der Waals surface area contributed by atoms with E-state index in [1.165, 1.54) is 4.74 Å². The van der Waals surface area contributed by atoms with Gasteiger partial charge in [-0.3, -0.25) is 0 Å². The zero-order valence-electron chi connectivity index (χ0n) is 8.52. The van der Waals surface area contributed by atoms with Gasteiger partial charge in [-0.1, -0.05) is 6.07 Å². The fourth-order valence-corrected chi connectivity index (χ4v) is 1.60. The lowest BCUT2D eigenvalue weighted by molar-refractivity contribution is 0.234. The van der Waals surface area contributed by atoms with Crippen LogP contribution in [-0.2, 0) is 0 Å². The lowest BCUT2D eigenvalue weighted by atomic mass is 10.1. The van der Waals surface area contributed by atoms with Crippen LogP contribution < -0.4 is 5.63 Å². The average molecular weight is 202 g/mol. The van der Waals surface area contributed by atoms with E-state index in [1.807, 2.05) is 19.9 Å². The van der Waals surface area contributed by atoms with Gasteiger partial charge in [-0.25, -0.2) is 9.53 Å². The highest BCUT2D eigenvalue weighted by Crippen LogP contribution is 2.18. The van der Waals surface area contributed by atoms with Gasteiger partial charge in [0.2, 0.25) is 0 Å². The number of hydrogen-bond donors (Lipinski definition) is 0. The van der Waals surface area contributed by atoms with Crippen LogP contribution in [0.3, 0.4) is 0 Å². The van der Waals surface area contributed by atoms with Crippen LogP contribution >= 0.6 is 0 Å². The summed E-state index contributed by atoms with van der Waals surface area (Å²) in [5, 5.41) is 9.24. The summed E-state index contributed by atoms with van der Waals surface area (Å²) >= 11 is 0. The molecule has 0 unspecified atom stereocenters. The number of aromatic nitrogens is 1. The quantitative estimate of drug-likeness (QED) is 0.711. The van der Waals surface area contributed by atoms with Crippen LogP contribution in [0.1, 0.15) is 25.5 Å². The second-order valence-electron chi connectivity index (χ2n) is 3.61. The second kappa shape index (κ2) is 3.28. The fourth-order valence-electron chi connectivity index (χ4n) is 1.60. The highest BCUT2D eigenvalue weighted by molar-refractivity contribution is 5.83. The molecule has 0 atom stereocenters. The predicted molar refractivity (Wildman–Crippen MR) is 55.6 cm³/mol. The Kier molecular flexibility index (Phi) is 2.09. The van der Waals surface area contributed by atoms with Crippen LogP contribution in [0.4, 0.5) is 0 Å². The molecule has 0 bridgehead atoms. The molecular formula is C11H10N2O2. The third kappa shape index (κ3) is 1.33. The summed E-state index contributed by atoms with van der Waals surface area (Å²) in [7, 11) is 0. The maximum atomic E-state index is 11.5. The molecule has 0 amide bonds. The van der Waals surface area contributed by atoms with Crippen molar-refractivity contribution < 1.29 is 4.52 Å². The van der Waals surface area contributed by atoms with Gasteiger partial charge in [0.05, 0.1) is 17.1 Å². The van der Waals surface area contributed by atoms with Gasteiger partial charge in [-0.05, 0) is 26.0 Å². The van der Waals surface area contributed by atoms with Crippen LogP contribution in [0.2, 0.25) is 0 Å². The number of hydrogen-bond acceptors (Lipinski definition) is 3. The van der Waals surface area contributed by atoms with Crippen molar-refractivity contribution in [2.45, 2.75) is 19.9 Å². The van der Waals surface area contributed by atoms with Crippen molar-refractivity contribution >= 4 is 10.9 Å². The Labute approximate surface area is 86.3 Å². The van der Waals surface area contributed by atoms with E-state index < -0.39 is 5.63 Å². The van der Waals surface area contributed by atoms with E-state index in [0.717, 1.165) is 0 Å². The molecule has 15 heavy (non-hydrogen) atoms. The Morgan fingerprint density at radius 1 is 1.47 bits per heavy atom. The summed E-state index contributed by atoms with van der Waals surface area (Å²) in [6, 6.07) is 7.19. The van der Waals surface area contributed by atoms with Gasteiger partial charge in [-0.15, -0.1) is 0 Å². The van der Waals surface area contributed by atoms with Crippen LogP contribution in [0, 0.1) is 11.3 Å². The minimum absolute atomic E-state index is 0.0594. The first-order chi connectivity index (χ1) is 7.15. The SMILES string of the molecule is CC(C)n1oc(=O)c2c(C#N)cccc21. The molecule has 1 aromatic carbocycles. The van der Waals surface area contributed by atoms with E-state index in [-0.39, 0.29) is 6.04 Å². The van der Waals surface area contributed by atoms with Crippen LogP contribution in [0.15, 0.2) is 27.5 Å². The van der Waals surface area contributed by atoms with Crippen molar-refractivity contribution in [2.75, 3.05) is 0 Å². The molecule has 2 aromatic rings. The van der Waals surface area contributed by atoms with E-state index in [1.54, 1.807) is 18.2 Å². The summed E-state index contributed by atoms with van der Waals surface area (Å²) in [5.41, 5.74) is 0.588. The van der Waals surface area contributed by atoms with Crippen molar-refractivity contribution in [3.05, 3.63) is 34.2 Å². The number of nitriles is 1. The normalized spacial score (nSPS) is 10.8. The van der Waals surface area contributed by atoms with E-state index in [2.05, 4.69) is 0 Å². The van der Waals surface area contributed by atoms with Gasteiger partial charge in [0.25, 0.3) is 0 Å². The molecule has 0 aliphatic heterocycles. The van der Waals surface area contributed by atoms with Crippen molar-refractivity contribution in [3.8, 4) is 6.07 Å². The van der Waals surface area contributed by atoms with Crippen LogP contribution in [-0.4, -0.2) is 4.74 Å². The third-order valence-corrected chi connectivity index (χ3v) is 2.25. The van der Waals surface area contributed by atoms with E-state index in [0.29, 0.717) is 16.5 Å². The lowest BCUT2D eigenvalue weighted by Gasteiger charge is -2.04. The minimum Gasteiger partial charge on any atom is -0.335 e. The highest BCUT2D eigenvalue weighted by atomic mass is 16.5. The highest BCUT2D eigenvalue weighted by Gasteiger charge is 2.14. The molecule has 4 nitrogen and oxygen atoms in total. The Morgan fingerprint density at radius 3 is 2.80 bits per heavy atom. The van der Waals surface area contributed by atoms with E-state index in [9.17, 15) is 4.79 Å². The molecule has 0 aliphatic rings. The van der Waals surface area contributed by atoms with Crippen LogP contribution in [0.25, 0.3) is 10.9 Å². The Morgan fingerprint density at radius 2 is 2.20 bits per heavy atom. The van der Waals surface area contributed by atoms with Crippen molar-refractivity contribution in [2.24, 2.45) is 0 Å². The summed E-state index contributed by atoms with van der Waals surface area (Å²) < 4.78 is 6.61. The van der Waals surface area contributed by atoms with Crippen LogP contribution in [0.5, 0.6) is 0 Å². The molecule has 4 heteroatoms. The second-order valence-corrected chi connectivity index (χ2v) is 3.61. The first-order valence-corrected chi connectivity index (χ1v) is 4.69. The Hall–Kier alpha value is -2.02. The zero-order valence-corrected chi connectivity index (χ0v) is 8.52. The summed E-state index contributed by atoms with van der Waals surface area (Å²) in [6.07, 6.45) is 0. The fraction of sp³-hybridized carbons (Fsp3) is 0.273. The number of fused-ring (bicyclic) bond motifs is 1. The molecule has 1 heterocycles. The number of nitrogens with zero attached hydrogens (tertiary/aromatic N) is 2. The maximum absolute atomic E-state index is 11.5. The monoisotopic (exact) mass is 202 g/mol. The van der Waals surface area contributed by atoms with Gasteiger partial charge < -0.3 is 4.52 Å². The van der Waals surface area contributed by atoms with E-state index >= 15 is 0 Å². The van der Waals surface area contributed by atoms with Gasteiger partial charge in [0.15, 0.2) is 0 Å². The first kappa shape index (κ1) is 9.53. The molecule has 0 fully saturated rings. The number of benzene rings is 1. The largest absolute Gasteiger partial charge is 0.366 e. The Balaban J connectivity index is 2.94. The predicted octanol–water partition coefficient (Wildman–Crippen LogP) is 2.05. The molecule has 0 saturated carbocycles. The van der Waals surface area contributed by atoms with E-state index in [4.69, 9.17) is 9.78 Å². The lowest BCUT2D eigenvalue weighted by Crippen LogP contribution is -1.99. The molecule has 0 aliphatic carbocycles. The number of rotatable bonds is 1. The average Bonchev–Trinajstić information content (AvgIpc) is 2.56. The Bertz CT molecular complexity index is 599. The molecular weight excluding hydrogens is 192 g/mol.